The van der Waals surface area contributed by atoms with Gasteiger partial charge in [0.1, 0.15) is 5.75 Å². The monoisotopic (exact) mass is 257 g/mol. The molecule has 0 spiro atoms. The summed E-state index contributed by atoms with van der Waals surface area (Å²) in [6, 6.07) is 3.86. The van der Waals surface area contributed by atoms with Gasteiger partial charge in [-0.2, -0.15) is 0 Å². The van der Waals surface area contributed by atoms with Crippen LogP contribution in [-0.4, -0.2) is 17.1 Å². The van der Waals surface area contributed by atoms with E-state index in [0.717, 1.165) is 0 Å². The van der Waals surface area contributed by atoms with E-state index in [0.29, 0.717) is 16.5 Å². The molecule has 0 bridgehead atoms. The standard InChI is InChI=1S/C12H10F3NO2/c1-2-11(17)9-6-16-10-4-3-7(5-8(9)10)18-12(13,14)15/h3-6,16H,2H2,1H3. The van der Waals surface area contributed by atoms with Crippen LogP contribution in [0.5, 0.6) is 5.75 Å². The molecule has 0 unspecified atom stereocenters. The molecule has 1 N–H and O–H groups in total. The first-order valence-corrected chi connectivity index (χ1v) is 5.31. The molecule has 3 nitrogen and oxygen atoms in total. The average molecular weight is 257 g/mol. The number of hydrogen-bond donors (Lipinski definition) is 1. The molecule has 96 valence electrons. The van der Waals surface area contributed by atoms with Crippen LogP contribution in [0.1, 0.15) is 23.7 Å². The van der Waals surface area contributed by atoms with Gasteiger partial charge in [0.05, 0.1) is 0 Å². The maximum Gasteiger partial charge on any atom is 0.573 e. The SMILES string of the molecule is CCC(=O)c1c[nH]c2ccc(OC(F)(F)F)cc12. The third-order valence-corrected chi connectivity index (χ3v) is 2.51. The highest BCUT2D eigenvalue weighted by Crippen LogP contribution is 2.28. The fraction of sp³-hybridized carbons (Fsp3) is 0.250. The summed E-state index contributed by atoms with van der Waals surface area (Å²) in [4.78, 5) is 14.4. The molecule has 1 heterocycles. The van der Waals surface area contributed by atoms with E-state index in [4.69, 9.17) is 0 Å². The summed E-state index contributed by atoms with van der Waals surface area (Å²) in [5.74, 6) is -0.467. The summed E-state index contributed by atoms with van der Waals surface area (Å²) in [6.45, 7) is 1.69. The second-order valence-corrected chi connectivity index (χ2v) is 3.73. The van der Waals surface area contributed by atoms with Gasteiger partial charge < -0.3 is 9.72 Å². The molecule has 0 saturated heterocycles. The average Bonchev–Trinajstić information content (AvgIpc) is 2.69. The molecule has 0 aliphatic carbocycles. The molecule has 0 saturated carbocycles. The van der Waals surface area contributed by atoms with Crippen LogP contribution >= 0.6 is 0 Å². The molecule has 0 amide bonds. The van der Waals surface area contributed by atoms with Crippen molar-refractivity contribution in [1.82, 2.24) is 4.98 Å². The predicted molar refractivity (Wildman–Crippen MR) is 59.6 cm³/mol. The number of ketones is 1. The van der Waals surface area contributed by atoms with Crippen LogP contribution in [0.15, 0.2) is 24.4 Å². The molecule has 0 aliphatic rings. The molecule has 2 aromatic rings. The minimum Gasteiger partial charge on any atom is -0.406 e. The molecule has 1 aromatic heterocycles. The lowest BCUT2D eigenvalue weighted by molar-refractivity contribution is -0.274. The number of rotatable bonds is 3. The molecule has 6 heteroatoms. The Morgan fingerprint density at radius 2 is 2.11 bits per heavy atom. The topological polar surface area (TPSA) is 42.1 Å². The van der Waals surface area contributed by atoms with Crippen molar-refractivity contribution >= 4 is 16.7 Å². The zero-order valence-corrected chi connectivity index (χ0v) is 9.47. The molecule has 0 aliphatic heterocycles. The third-order valence-electron chi connectivity index (χ3n) is 2.51. The van der Waals surface area contributed by atoms with Gasteiger partial charge in [0.2, 0.25) is 0 Å². The molecular formula is C12H10F3NO2. The van der Waals surface area contributed by atoms with Crippen LogP contribution in [0.25, 0.3) is 10.9 Å². The summed E-state index contributed by atoms with van der Waals surface area (Å²) < 4.78 is 40.1. The number of aromatic amines is 1. The second-order valence-electron chi connectivity index (χ2n) is 3.73. The van der Waals surface area contributed by atoms with Crippen molar-refractivity contribution in [3.63, 3.8) is 0 Å². The minimum atomic E-state index is -4.74. The van der Waals surface area contributed by atoms with Crippen LogP contribution < -0.4 is 4.74 Å². The zero-order chi connectivity index (χ0) is 13.3. The number of halogens is 3. The van der Waals surface area contributed by atoms with Gasteiger partial charge in [-0.05, 0) is 18.2 Å². The number of nitrogens with one attached hydrogen (secondary N) is 1. The lowest BCUT2D eigenvalue weighted by atomic mass is 10.1. The number of benzene rings is 1. The van der Waals surface area contributed by atoms with Gasteiger partial charge in [0.15, 0.2) is 5.78 Å². The van der Waals surface area contributed by atoms with Crippen molar-refractivity contribution in [3.8, 4) is 5.75 Å². The van der Waals surface area contributed by atoms with Crippen LogP contribution in [-0.2, 0) is 0 Å². The summed E-state index contributed by atoms with van der Waals surface area (Å²) >= 11 is 0. The molecule has 2 rings (SSSR count). The number of carbonyl (C=O) groups excluding carboxylic acids is 1. The zero-order valence-electron chi connectivity index (χ0n) is 9.47. The third kappa shape index (κ3) is 2.47. The Morgan fingerprint density at radius 1 is 1.39 bits per heavy atom. The largest absolute Gasteiger partial charge is 0.573 e. The maximum absolute atomic E-state index is 12.1. The number of Topliss-reactive ketones (excluding diaryl/α,β-unsaturated/α-hetero) is 1. The van der Waals surface area contributed by atoms with E-state index >= 15 is 0 Å². The predicted octanol–water partition coefficient (Wildman–Crippen LogP) is 3.66. The fourth-order valence-corrected chi connectivity index (χ4v) is 1.72. The minimum absolute atomic E-state index is 0.134. The summed E-state index contributed by atoms with van der Waals surface area (Å²) in [5, 5.41) is 0.434. The molecule has 0 atom stereocenters. The summed E-state index contributed by atoms with van der Waals surface area (Å²) in [5.41, 5.74) is 0.974. The van der Waals surface area contributed by atoms with E-state index in [1.165, 1.54) is 24.4 Å². The van der Waals surface area contributed by atoms with Crippen molar-refractivity contribution in [1.29, 1.82) is 0 Å². The van der Waals surface area contributed by atoms with Crippen LogP contribution in [0, 0.1) is 0 Å². The van der Waals surface area contributed by atoms with Crippen molar-refractivity contribution in [2.75, 3.05) is 0 Å². The van der Waals surface area contributed by atoms with E-state index in [9.17, 15) is 18.0 Å². The first-order chi connectivity index (χ1) is 8.40. The highest BCUT2D eigenvalue weighted by atomic mass is 19.4. The number of alkyl halides is 3. The van der Waals surface area contributed by atoms with Crippen molar-refractivity contribution in [2.24, 2.45) is 0 Å². The quantitative estimate of drug-likeness (QED) is 0.852. The molecular weight excluding hydrogens is 247 g/mol. The number of hydrogen-bond acceptors (Lipinski definition) is 2. The van der Waals surface area contributed by atoms with Gasteiger partial charge in [-0.1, -0.05) is 6.92 Å². The second kappa shape index (κ2) is 4.36. The first kappa shape index (κ1) is 12.5. The van der Waals surface area contributed by atoms with E-state index in [1.807, 2.05) is 0 Å². The normalized spacial score (nSPS) is 11.8. The maximum atomic E-state index is 12.1. The summed E-state index contributed by atoms with van der Waals surface area (Å²) in [7, 11) is 0. The lowest BCUT2D eigenvalue weighted by Gasteiger charge is -2.08. The molecule has 0 fully saturated rings. The van der Waals surface area contributed by atoms with E-state index < -0.39 is 6.36 Å². The van der Waals surface area contributed by atoms with Gasteiger partial charge >= 0.3 is 6.36 Å². The van der Waals surface area contributed by atoms with E-state index in [2.05, 4.69) is 9.72 Å². The van der Waals surface area contributed by atoms with Gasteiger partial charge in [-0.15, -0.1) is 13.2 Å². The van der Waals surface area contributed by atoms with Gasteiger partial charge in [-0.25, -0.2) is 0 Å². The highest BCUT2D eigenvalue weighted by Gasteiger charge is 2.31. The molecule has 18 heavy (non-hydrogen) atoms. The van der Waals surface area contributed by atoms with Crippen molar-refractivity contribution in [3.05, 3.63) is 30.0 Å². The lowest BCUT2D eigenvalue weighted by Crippen LogP contribution is -2.17. The Labute approximate surface area is 101 Å². The number of carbonyl (C=O) groups is 1. The Morgan fingerprint density at radius 3 is 2.72 bits per heavy atom. The van der Waals surface area contributed by atoms with Crippen molar-refractivity contribution in [2.45, 2.75) is 19.7 Å². The first-order valence-electron chi connectivity index (χ1n) is 5.31. The van der Waals surface area contributed by atoms with Gasteiger partial charge in [0, 0.05) is 29.1 Å². The van der Waals surface area contributed by atoms with E-state index in [-0.39, 0.29) is 18.0 Å². The molecule has 0 radical (unpaired) electrons. The smallest absolute Gasteiger partial charge is 0.406 e. The van der Waals surface area contributed by atoms with Crippen LogP contribution in [0.2, 0.25) is 0 Å². The van der Waals surface area contributed by atoms with Crippen molar-refractivity contribution < 1.29 is 22.7 Å². The Hall–Kier alpha value is -1.98. The van der Waals surface area contributed by atoms with Gasteiger partial charge in [0.25, 0.3) is 0 Å². The Kier molecular flexibility index (Phi) is 3.02. The Balaban J connectivity index is 2.45. The highest BCUT2D eigenvalue weighted by molar-refractivity contribution is 6.08. The van der Waals surface area contributed by atoms with E-state index in [1.54, 1.807) is 6.92 Å². The molecule has 1 aromatic carbocycles. The number of fused-ring (bicyclic) bond motifs is 1. The number of ether oxygens (including phenoxy) is 1. The van der Waals surface area contributed by atoms with Crippen LogP contribution in [0.3, 0.4) is 0 Å². The van der Waals surface area contributed by atoms with Crippen LogP contribution in [0.4, 0.5) is 13.2 Å². The summed E-state index contributed by atoms with van der Waals surface area (Å²) in [6.07, 6.45) is -2.95. The fourth-order valence-electron chi connectivity index (χ4n) is 1.72. The Bertz CT molecular complexity index is 587. The number of H-pyrrole nitrogens is 1. The van der Waals surface area contributed by atoms with Gasteiger partial charge in [-0.3, -0.25) is 4.79 Å². The number of aromatic nitrogens is 1.